The Hall–Kier alpha value is -1.02. The molecule has 0 unspecified atom stereocenters. The van der Waals surface area contributed by atoms with Gasteiger partial charge in [-0.1, -0.05) is 18.2 Å². The van der Waals surface area contributed by atoms with Gasteiger partial charge in [-0.2, -0.15) is 0 Å². The van der Waals surface area contributed by atoms with E-state index >= 15 is 0 Å². The largest absolute Gasteiger partial charge is 0.352 e. The molecule has 1 aromatic heterocycles. The number of nitrogens with zero attached hydrogens (tertiary/aromatic N) is 2. The van der Waals surface area contributed by atoms with E-state index in [-0.39, 0.29) is 0 Å². The van der Waals surface area contributed by atoms with Crippen LogP contribution >= 0.6 is 11.6 Å². The van der Waals surface area contributed by atoms with Gasteiger partial charge in [0.05, 0.1) is 5.88 Å². The van der Waals surface area contributed by atoms with Crippen LogP contribution in [0.15, 0.2) is 30.5 Å². The molecule has 0 saturated heterocycles. The first-order valence-electron chi connectivity index (χ1n) is 4.81. The molecule has 74 valence electrons. The molecule has 0 atom stereocenters. The molecule has 1 aliphatic heterocycles. The van der Waals surface area contributed by atoms with Crippen molar-refractivity contribution in [2.75, 3.05) is 18.0 Å². The van der Waals surface area contributed by atoms with E-state index in [0.717, 1.165) is 30.9 Å². The maximum Gasteiger partial charge on any atom is 0.133 e. The summed E-state index contributed by atoms with van der Waals surface area (Å²) in [5, 5.41) is 0. The van der Waals surface area contributed by atoms with Crippen LogP contribution in [0, 0.1) is 0 Å². The smallest absolute Gasteiger partial charge is 0.133 e. The number of alkyl halides is 1. The SMILES string of the molecule is ClCc1cccnc1N1CC=CCC1. The van der Waals surface area contributed by atoms with Crippen LogP contribution in [0.1, 0.15) is 12.0 Å². The van der Waals surface area contributed by atoms with Crippen molar-refractivity contribution in [2.24, 2.45) is 0 Å². The second-order valence-electron chi connectivity index (χ2n) is 3.33. The summed E-state index contributed by atoms with van der Waals surface area (Å²) in [6.07, 6.45) is 7.30. The van der Waals surface area contributed by atoms with Crippen molar-refractivity contribution in [2.45, 2.75) is 12.3 Å². The second kappa shape index (κ2) is 4.47. The van der Waals surface area contributed by atoms with Crippen molar-refractivity contribution < 1.29 is 0 Å². The highest BCUT2D eigenvalue weighted by Gasteiger charge is 2.11. The summed E-state index contributed by atoms with van der Waals surface area (Å²) in [5.74, 6) is 1.57. The summed E-state index contributed by atoms with van der Waals surface area (Å²) < 4.78 is 0. The zero-order valence-corrected chi connectivity index (χ0v) is 8.74. The molecule has 2 rings (SSSR count). The van der Waals surface area contributed by atoms with Gasteiger partial charge in [0.1, 0.15) is 5.82 Å². The minimum Gasteiger partial charge on any atom is -0.352 e. The molecule has 14 heavy (non-hydrogen) atoms. The van der Waals surface area contributed by atoms with Gasteiger partial charge in [0.25, 0.3) is 0 Å². The van der Waals surface area contributed by atoms with Crippen LogP contribution in [0.4, 0.5) is 5.82 Å². The van der Waals surface area contributed by atoms with Crippen molar-refractivity contribution >= 4 is 17.4 Å². The Kier molecular flexibility index (Phi) is 3.04. The zero-order chi connectivity index (χ0) is 9.80. The molecule has 1 aromatic rings. The number of rotatable bonds is 2. The zero-order valence-electron chi connectivity index (χ0n) is 7.99. The molecule has 3 heteroatoms. The van der Waals surface area contributed by atoms with Crippen molar-refractivity contribution in [1.82, 2.24) is 4.98 Å². The number of anilines is 1. The van der Waals surface area contributed by atoms with Crippen LogP contribution in [0.25, 0.3) is 0 Å². The Morgan fingerprint density at radius 2 is 2.36 bits per heavy atom. The third kappa shape index (κ3) is 1.90. The Balaban J connectivity index is 2.25. The monoisotopic (exact) mass is 208 g/mol. The van der Waals surface area contributed by atoms with Gasteiger partial charge in [-0.15, -0.1) is 11.6 Å². The number of hydrogen-bond donors (Lipinski definition) is 0. The standard InChI is InChI=1S/C11H13ClN2/c12-9-10-5-4-6-13-11(10)14-7-2-1-3-8-14/h1-2,4-6H,3,7-9H2. The Labute approximate surface area is 89.2 Å². The van der Waals surface area contributed by atoms with Crippen LogP contribution < -0.4 is 4.90 Å². The van der Waals surface area contributed by atoms with Crippen LogP contribution in [-0.4, -0.2) is 18.1 Å². The molecule has 0 amide bonds. The highest BCUT2D eigenvalue weighted by Crippen LogP contribution is 2.20. The van der Waals surface area contributed by atoms with E-state index in [1.165, 1.54) is 0 Å². The first-order chi connectivity index (χ1) is 6.92. The molecule has 0 bridgehead atoms. The fraction of sp³-hybridized carbons (Fsp3) is 0.364. The van der Waals surface area contributed by atoms with E-state index in [0.29, 0.717) is 5.88 Å². The Morgan fingerprint density at radius 1 is 1.43 bits per heavy atom. The van der Waals surface area contributed by atoms with Crippen LogP contribution in [-0.2, 0) is 5.88 Å². The fourth-order valence-electron chi connectivity index (χ4n) is 1.65. The molecule has 0 saturated carbocycles. The summed E-state index contributed by atoms with van der Waals surface area (Å²) in [5.41, 5.74) is 1.12. The van der Waals surface area contributed by atoms with E-state index in [1.807, 2.05) is 18.3 Å². The van der Waals surface area contributed by atoms with Gasteiger partial charge in [0, 0.05) is 24.8 Å². The van der Waals surface area contributed by atoms with Gasteiger partial charge in [-0.25, -0.2) is 4.98 Å². The minimum atomic E-state index is 0.531. The molecular formula is C11H13ClN2. The number of aromatic nitrogens is 1. The van der Waals surface area contributed by atoms with Gasteiger partial charge >= 0.3 is 0 Å². The lowest BCUT2D eigenvalue weighted by molar-refractivity contribution is 0.801. The molecule has 2 nitrogen and oxygen atoms in total. The molecule has 0 spiro atoms. The van der Waals surface area contributed by atoms with Crippen molar-refractivity contribution in [3.05, 3.63) is 36.0 Å². The number of hydrogen-bond acceptors (Lipinski definition) is 2. The van der Waals surface area contributed by atoms with Crippen LogP contribution in [0.5, 0.6) is 0 Å². The van der Waals surface area contributed by atoms with Crippen molar-refractivity contribution in [3.8, 4) is 0 Å². The average molecular weight is 209 g/mol. The number of pyridine rings is 1. The Bertz CT molecular complexity index is 336. The normalized spacial score (nSPS) is 15.9. The molecule has 0 aromatic carbocycles. The van der Waals surface area contributed by atoms with E-state index in [1.54, 1.807) is 0 Å². The maximum absolute atomic E-state index is 5.87. The molecule has 0 aliphatic carbocycles. The topological polar surface area (TPSA) is 16.1 Å². The van der Waals surface area contributed by atoms with Gasteiger partial charge in [0.15, 0.2) is 0 Å². The lowest BCUT2D eigenvalue weighted by Gasteiger charge is -2.25. The van der Waals surface area contributed by atoms with E-state index in [4.69, 9.17) is 11.6 Å². The third-order valence-corrected chi connectivity index (χ3v) is 2.66. The fourth-order valence-corrected chi connectivity index (χ4v) is 1.86. The summed E-state index contributed by atoms with van der Waals surface area (Å²) in [4.78, 5) is 6.64. The van der Waals surface area contributed by atoms with E-state index in [2.05, 4.69) is 22.0 Å². The van der Waals surface area contributed by atoms with Crippen LogP contribution in [0.2, 0.25) is 0 Å². The molecule has 2 heterocycles. The van der Waals surface area contributed by atoms with Crippen LogP contribution in [0.3, 0.4) is 0 Å². The van der Waals surface area contributed by atoms with Crippen molar-refractivity contribution in [1.29, 1.82) is 0 Å². The maximum atomic E-state index is 5.87. The van der Waals surface area contributed by atoms with Gasteiger partial charge < -0.3 is 4.90 Å². The summed E-state index contributed by atoms with van der Waals surface area (Å²) in [6.45, 7) is 1.98. The predicted octanol–water partition coefficient (Wildman–Crippen LogP) is 2.59. The minimum absolute atomic E-state index is 0.531. The first kappa shape index (κ1) is 9.53. The van der Waals surface area contributed by atoms with Gasteiger partial charge in [-0.05, 0) is 12.5 Å². The first-order valence-corrected chi connectivity index (χ1v) is 5.35. The van der Waals surface area contributed by atoms with E-state index in [9.17, 15) is 0 Å². The highest BCUT2D eigenvalue weighted by atomic mass is 35.5. The Morgan fingerprint density at radius 3 is 3.07 bits per heavy atom. The van der Waals surface area contributed by atoms with E-state index < -0.39 is 0 Å². The summed E-state index contributed by atoms with van der Waals surface area (Å²) >= 11 is 5.87. The summed E-state index contributed by atoms with van der Waals surface area (Å²) in [7, 11) is 0. The quantitative estimate of drug-likeness (QED) is 0.549. The lowest BCUT2D eigenvalue weighted by atomic mass is 10.2. The molecule has 0 N–H and O–H groups in total. The molecule has 0 radical (unpaired) electrons. The summed E-state index contributed by atoms with van der Waals surface area (Å²) in [6, 6.07) is 3.97. The van der Waals surface area contributed by atoms with Gasteiger partial charge in [-0.3, -0.25) is 0 Å². The van der Waals surface area contributed by atoms with Crippen molar-refractivity contribution in [3.63, 3.8) is 0 Å². The third-order valence-electron chi connectivity index (χ3n) is 2.37. The molecule has 1 aliphatic rings. The average Bonchev–Trinajstić information content (AvgIpc) is 2.30. The highest BCUT2D eigenvalue weighted by molar-refractivity contribution is 6.17. The predicted molar refractivity (Wildman–Crippen MR) is 59.8 cm³/mol. The second-order valence-corrected chi connectivity index (χ2v) is 3.59. The molecule has 0 fully saturated rings. The lowest BCUT2D eigenvalue weighted by Crippen LogP contribution is -2.28. The molecular weight excluding hydrogens is 196 g/mol. The van der Waals surface area contributed by atoms with Gasteiger partial charge in [0.2, 0.25) is 0 Å². The number of halogens is 1.